The minimum absolute atomic E-state index is 0.0660. The summed E-state index contributed by atoms with van der Waals surface area (Å²) in [6.45, 7) is 5.71. The number of ether oxygens (including phenoxy) is 1. The van der Waals surface area contributed by atoms with Gasteiger partial charge in [-0.1, -0.05) is 18.2 Å². The SMILES string of the molecule is Cc1ccc(NC(=O)C(=O)NC[C@@H](c2ccc3c(c2)CCN3C)N2CCOCC2)cc1F. The first-order valence-corrected chi connectivity index (χ1v) is 10.9. The molecule has 7 nitrogen and oxygen atoms in total. The second kappa shape index (κ2) is 9.67. The molecule has 1 saturated heterocycles. The van der Waals surface area contributed by atoms with E-state index < -0.39 is 17.6 Å². The topological polar surface area (TPSA) is 73.9 Å². The summed E-state index contributed by atoms with van der Waals surface area (Å²) in [5, 5.41) is 5.22. The Bertz CT molecular complexity index is 1010. The van der Waals surface area contributed by atoms with Gasteiger partial charge >= 0.3 is 11.8 Å². The summed E-state index contributed by atoms with van der Waals surface area (Å²) in [6, 6.07) is 10.7. The molecule has 2 aliphatic heterocycles. The number of carbonyl (C=O) groups excluding carboxylic acids is 2. The fourth-order valence-electron chi connectivity index (χ4n) is 4.27. The fraction of sp³-hybridized carbons (Fsp3) is 0.417. The van der Waals surface area contributed by atoms with Gasteiger partial charge < -0.3 is 20.3 Å². The molecule has 170 valence electrons. The van der Waals surface area contributed by atoms with E-state index in [2.05, 4.69) is 45.7 Å². The van der Waals surface area contributed by atoms with Crippen molar-refractivity contribution in [2.24, 2.45) is 0 Å². The molecule has 8 heteroatoms. The lowest BCUT2D eigenvalue weighted by molar-refractivity contribution is -0.136. The lowest BCUT2D eigenvalue weighted by Crippen LogP contribution is -2.45. The third kappa shape index (κ3) is 4.92. The summed E-state index contributed by atoms with van der Waals surface area (Å²) < 4.78 is 19.2. The zero-order valence-corrected chi connectivity index (χ0v) is 18.5. The number of anilines is 2. The van der Waals surface area contributed by atoms with Crippen LogP contribution < -0.4 is 15.5 Å². The quantitative estimate of drug-likeness (QED) is 0.698. The van der Waals surface area contributed by atoms with Gasteiger partial charge in [-0.25, -0.2) is 4.39 Å². The maximum atomic E-state index is 13.7. The number of aryl methyl sites for hydroxylation is 1. The van der Waals surface area contributed by atoms with Crippen molar-refractivity contribution in [2.75, 3.05) is 56.7 Å². The number of halogens is 1. The van der Waals surface area contributed by atoms with E-state index in [0.29, 0.717) is 25.3 Å². The summed E-state index contributed by atoms with van der Waals surface area (Å²) in [5.74, 6) is -1.99. The zero-order valence-electron chi connectivity index (χ0n) is 18.5. The Hall–Kier alpha value is -2.97. The Morgan fingerprint density at radius 3 is 2.62 bits per heavy atom. The van der Waals surface area contributed by atoms with Gasteiger partial charge in [0, 0.05) is 44.6 Å². The van der Waals surface area contributed by atoms with Crippen LogP contribution in [0.3, 0.4) is 0 Å². The van der Waals surface area contributed by atoms with Crippen molar-refractivity contribution < 1.29 is 18.7 Å². The average Bonchev–Trinajstić information content (AvgIpc) is 3.17. The molecule has 0 aromatic heterocycles. The normalized spacial score (nSPS) is 17.0. The highest BCUT2D eigenvalue weighted by atomic mass is 19.1. The van der Waals surface area contributed by atoms with Crippen LogP contribution in [-0.2, 0) is 20.7 Å². The Kier molecular flexibility index (Phi) is 6.72. The monoisotopic (exact) mass is 440 g/mol. The molecule has 2 aliphatic rings. The second-order valence-corrected chi connectivity index (χ2v) is 8.35. The van der Waals surface area contributed by atoms with Crippen LogP contribution >= 0.6 is 0 Å². The van der Waals surface area contributed by atoms with Crippen molar-refractivity contribution in [2.45, 2.75) is 19.4 Å². The van der Waals surface area contributed by atoms with Crippen molar-refractivity contribution in [3.05, 3.63) is 58.9 Å². The first-order valence-electron chi connectivity index (χ1n) is 10.9. The molecule has 0 unspecified atom stereocenters. The van der Waals surface area contributed by atoms with Gasteiger partial charge in [0.1, 0.15) is 5.82 Å². The predicted molar refractivity (Wildman–Crippen MR) is 121 cm³/mol. The van der Waals surface area contributed by atoms with Crippen LogP contribution in [0.15, 0.2) is 36.4 Å². The molecule has 4 rings (SSSR count). The Morgan fingerprint density at radius 2 is 1.88 bits per heavy atom. The largest absolute Gasteiger partial charge is 0.379 e. The first-order chi connectivity index (χ1) is 15.4. The standard InChI is InChI=1S/C24H29FN4O3/c1-16-3-5-19(14-20(16)25)27-24(31)23(30)26-15-22(29-9-11-32-12-10-29)17-4-6-21-18(13-17)7-8-28(21)2/h3-6,13-14,22H,7-12,15H2,1-2H3,(H,26,30)(H,27,31)/t22-/m0/s1. The molecule has 0 saturated carbocycles. The molecule has 32 heavy (non-hydrogen) atoms. The molecule has 2 N–H and O–H groups in total. The summed E-state index contributed by atoms with van der Waals surface area (Å²) >= 11 is 0. The van der Waals surface area contributed by atoms with Crippen molar-refractivity contribution in [1.29, 1.82) is 0 Å². The molecule has 2 heterocycles. The second-order valence-electron chi connectivity index (χ2n) is 8.35. The highest BCUT2D eigenvalue weighted by Gasteiger charge is 2.26. The highest BCUT2D eigenvalue weighted by molar-refractivity contribution is 6.39. The summed E-state index contributed by atoms with van der Waals surface area (Å²) in [6.07, 6.45) is 0.997. The van der Waals surface area contributed by atoms with Crippen LogP contribution in [0, 0.1) is 12.7 Å². The number of nitrogens with zero attached hydrogens (tertiary/aromatic N) is 2. The van der Waals surface area contributed by atoms with Gasteiger partial charge in [0.05, 0.1) is 19.3 Å². The van der Waals surface area contributed by atoms with E-state index in [0.717, 1.165) is 31.6 Å². The van der Waals surface area contributed by atoms with E-state index in [1.54, 1.807) is 19.1 Å². The van der Waals surface area contributed by atoms with Crippen molar-refractivity contribution >= 4 is 23.2 Å². The predicted octanol–water partition coefficient (Wildman–Crippen LogP) is 2.25. The maximum Gasteiger partial charge on any atom is 0.313 e. The minimum atomic E-state index is -0.815. The number of hydrogen-bond donors (Lipinski definition) is 2. The first kappa shape index (κ1) is 22.2. The summed E-state index contributed by atoms with van der Waals surface area (Å²) in [4.78, 5) is 29.3. The summed E-state index contributed by atoms with van der Waals surface area (Å²) in [7, 11) is 2.09. The van der Waals surface area contributed by atoms with Crippen LogP contribution in [0.25, 0.3) is 0 Å². The van der Waals surface area contributed by atoms with Crippen LogP contribution in [0.5, 0.6) is 0 Å². The van der Waals surface area contributed by atoms with E-state index in [4.69, 9.17) is 4.74 Å². The van der Waals surface area contributed by atoms with E-state index in [1.807, 2.05) is 0 Å². The molecule has 0 aliphatic carbocycles. The lowest BCUT2D eigenvalue weighted by Gasteiger charge is -2.35. The third-order valence-electron chi connectivity index (χ3n) is 6.19. The van der Waals surface area contributed by atoms with E-state index in [-0.39, 0.29) is 11.7 Å². The Labute approximate surface area is 187 Å². The molecule has 1 fully saturated rings. The number of rotatable bonds is 5. The van der Waals surface area contributed by atoms with E-state index in [9.17, 15) is 14.0 Å². The molecular formula is C24H29FN4O3. The molecule has 1 atom stereocenters. The van der Waals surface area contributed by atoms with Gasteiger partial charge in [0.15, 0.2) is 0 Å². The fourth-order valence-corrected chi connectivity index (χ4v) is 4.27. The van der Waals surface area contributed by atoms with Crippen LogP contribution in [0.1, 0.15) is 22.7 Å². The number of fused-ring (bicyclic) bond motifs is 1. The molecule has 0 spiro atoms. The maximum absolute atomic E-state index is 13.7. The van der Waals surface area contributed by atoms with Gasteiger partial charge in [-0.3, -0.25) is 14.5 Å². The Morgan fingerprint density at radius 1 is 1.09 bits per heavy atom. The number of hydrogen-bond acceptors (Lipinski definition) is 5. The molecule has 0 bridgehead atoms. The van der Waals surface area contributed by atoms with Gasteiger partial charge in [0.25, 0.3) is 0 Å². The van der Waals surface area contributed by atoms with E-state index in [1.165, 1.54) is 17.3 Å². The van der Waals surface area contributed by atoms with E-state index >= 15 is 0 Å². The van der Waals surface area contributed by atoms with Gasteiger partial charge in [0.2, 0.25) is 0 Å². The number of amides is 2. The van der Waals surface area contributed by atoms with Gasteiger partial charge in [-0.05, 0) is 48.2 Å². The van der Waals surface area contributed by atoms with Crippen molar-refractivity contribution in [3.8, 4) is 0 Å². The highest BCUT2D eigenvalue weighted by Crippen LogP contribution is 2.31. The van der Waals surface area contributed by atoms with Crippen LogP contribution in [0.2, 0.25) is 0 Å². The molecule has 2 aromatic rings. The molecule has 2 amide bonds. The lowest BCUT2D eigenvalue weighted by atomic mass is 10.0. The number of nitrogens with one attached hydrogen (secondary N) is 2. The zero-order chi connectivity index (χ0) is 22.7. The number of carbonyl (C=O) groups is 2. The molecular weight excluding hydrogens is 411 g/mol. The van der Waals surface area contributed by atoms with Crippen molar-refractivity contribution in [1.82, 2.24) is 10.2 Å². The van der Waals surface area contributed by atoms with Gasteiger partial charge in [-0.2, -0.15) is 0 Å². The van der Waals surface area contributed by atoms with Crippen molar-refractivity contribution in [3.63, 3.8) is 0 Å². The molecule has 0 radical (unpaired) electrons. The average molecular weight is 441 g/mol. The smallest absolute Gasteiger partial charge is 0.313 e. The minimum Gasteiger partial charge on any atom is -0.379 e. The van der Waals surface area contributed by atoms with Crippen LogP contribution in [-0.4, -0.2) is 63.2 Å². The Balaban J connectivity index is 1.44. The number of likely N-dealkylation sites (N-methyl/N-ethyl adjacent to an activating group) is 1. The van der Waals surface area contributed by atoms with Gasteiger partial charge in [-0.15, -0.1) is 0 Å². The molecule has 2 aromatic carbocycles. The third-order valence-corrected chi connectivity index (χ3v) is 6.19. The number of benzene rings is 2. The number of morpholine rings is 1. The van der Waals surface area contributed by atoms with Crippen LogP contribution in [0.4, 0.5) is 15.8 Å². The summed E-state index contributed by atoms with van der Waals surface area (Å²) in [5.41, 5.74) is 4.38.